The van der Waals surface area contributed by atoms with Gasteiger partial charge in [0.2, 0.25) is 5.91 Å². The number of methoxy groups -OCH3 is 1. The highest BCUT2D eigenvalue weighted by Gasteiger charge is 2.40. The van der Waals surface area contributed by atoms with E-state index in [0.717, 1.165) is 6.42 Å². The van der Waals surface area contributed by atoms with E-state index in [1.807, 2.05) is 26.1 Å². The number of aromatic nitrogens is 4. The van der Waals surface area contributed by atoms with Gasteiger partial charge in [-0.25, -0.2) is 0 Å². The molecule has 1 aliphatic heterocycles. The topological polar surface area (TPSA) is 94.3 Å². The second-order valence-electron chi connectivity index (χ2n) is 7.05. The molecule has 10 heteroatoms. The molecule has 0 bridgehead atoms. The molecule has 1 fully saturated rings. The zero-order chi connectivity index (χ0) is 21.0. The Morgan fingerprint density at radius 2 is 2.14 bits per heavy atom. The van der Waals surface area contributed by atoms with E-state index in [1.54, 1.807) is 33.8 Å². The van der Waals surface area contributed by atoms with Crippen molar-refractivity contribution in [2.45, 2.75) is 51.4 Å². The molecule has 2 aromatic rings. The number of likely N-dealkylation sites (tertiary alicyclic amines) is 1. The lowest BCUT2D eigenvalue weighted by Gasteiger charge is -2.22. The third-order valence-electron chi connectivity index (χ3n) is 5.19. The van der Waals surface area contributed by atoms with Crippen molar-refractivity contribution in [1.82, 2.24) is 29.8 Å². The highest BCUT2D eigenvalue weighted by molar-refractivity contribution is 9.10. The Bertz CT molecular complexity index is 837. The summed E-state index contributed by atoms with van der Waals surface area (Å²) in [5, 5.41) is 11.6. The molecule has 9 nitrogen and oxygen atoms in total. The van der Waals surface area contributed by atoms with Crippen LogP contribution >= 0.6 is 15.9 Å². The molecular weight excluding hydrogens is 440 g/mol. The van der Waals surface area contributed by atoms with Crippen LogP contribution in [0.25, 0.3) is 0 Å². The van der Waals surface area contributed by atoms with Crippen molar-refractivity contribution in [3.05, 3.63) is 34.8 Å². The van der Waals surface area contributed by atoms with Gasteiger partial charge in [-0.15, -0.1) is 0 Å². The Hall–Kier alpha value is -2.20. The number of carbonyl (C=O) groups is 2. The Morgan fingerprint density at radius 3 is 2.76 bits per heavy atom. The first kappa shape index (κ1) is 21.5. The Kier molecular flexibility index (Phi) is 7.07. The van der Waals surface area contributed by atoms with Crippen molar-refractivity contribution in [3.8, 4) is 0 Å². The van der Waals surface area contributed by atoms with Gasteiger partial charge in [-0.3, -0.25) is 19.0 Å². The number of nitrogens with zero attached hydrogens (tertiary/aromatic N) is 5. The summed E-state index contributed by atoms with van der Waals surface area (Å²) in [6, 6.07) is 1.41. The Morgan fingerprint density at radius 1 is 1.34 bits per heavy atom. The van der Waals surface area contributed by atoms with Crippen molar-refractivity contribution in [2.24, 2.45) is 0 Å². The molecule has 1 aliphatic rings. The van der Waals surface area contributed by atoms with E-state index in [1.165, 1.54) is 0 Å². The van der Waals surface area contributed by atoms with Gasteiger partial charge in [0.05, 0.1) is 22.8 Å². The minimum absolute atomic E-state index is 0.123. The fourth-order valence-corrected chi connectivity index (χ4v) is 4.16. The number of ether oxygens (including phenoxy) is 1. The molecule has 1 N–H and O–H groups in total. The minimum atomic E-state index is -0.501. The zero-order valence-corrected chi connectivity index (χ0v) is 18.5. The van der Waals surface area contributed by atoms with Crippen LogP contribution in [0.5, 0.6) is 0 Å². The predicted octanol–water partition coefficient (Wildman–Crippen LogP) is 1.86. The van der Waals surface area contributed by atoms with E-state index < -0.39 is 6.10 Å². The summed E-state index contributed by atoms with van der Waals surface area (Å²) in [5.41, 5.74) is 0.513. The van der Waals surface area contributed by atoms with Gasteiger partial charge in [-0.05, 0) is 35.3 Å². The number of nitrogens with one attached hydrogen (secondary N) is 1. The second kappa shape index (κ2) is 9.53. The molecule has 3 rings (SSSR count). The predicted molar refractivity (Wildman–Crippen MR) is 110 cm³/mol. The highest BCUT2D eigenvalue weighted by atomic mass is 79.9. The third kappa shape index (κ3) is 4.53. The van der Waals surface area contributed by atoms with Crippen LogP contribution in [0.2, 0.25) is 0 Å². The summed E-state index contributed by atoms with van der Waals surface area (Å²) in [6.45, 7) is 5.37. The number of halogens is 1. The normalized spacial score (nSPS) is 20.1. The third-order valence-corrected chi connectivity index (χ3v) is 5.77. The molecule has 2 amide bonds. The maximum absolute atomic E-state index is 13.2. The lowest BCUT2D eigenvalue weighted by molar-refractivity contribution is -0.132. The fraction of sp³-hybridized carbons (Fsp3) is 0.579. The number of rotatable bonds is 8. The van der Waals surface area contributed by atoms with Gasteiger partial charge in [0.15, 0.2) is 0 Å². The molecule has 0 spiro atoms. The van der Waals surface area contributed by atoms with Crippen LogP contribution in [0.1, 0.15) is 43.2 Å². The van der Waals surface area contributed by atoms with Gasteiger partial charge >= 0.3 is 0 Å². The standard InChI is InChI=1S/C19H27BrN6O3/c1-4-7-16(29-3)18(27)23-14-11-24(12-15(14)26-9-6-8-21-26)19(28)17-13(20)10-22-25(17)5-2/h6,8-10,14-16H,4-5,7,11-12H2,1-3H3,(H,23,27)/t14-,15+,16?/m1/s1. The Balaban J connectivity index is 1.81. The maximum atomic E-state index is 13.2. The van der Waals surface area contributed by atoms with E-state index in [9.17, 15) is 9.59 Å². The van der Waals surface area contributed by atoms with Crippen LogP contribution in [-0.2, 0) is 16.1 Å². The fourth-order valence-electron chi connectivity index (χ4n) is 3.70. The van der Waals surface area contributed by atoms with Crippen molar-refractivity contribution < 1.29 is 14.3 Å². The summed E-state index contributed by atoms with van der Waals surface area (Å²) in [7, 11) is 1.54. The SMILES string of the molecule is CCCC(OC)C(=O)N[C@@H]1CN(C(=O)c2c(Br)cnn2CC)C[C@@H]1n1cccn1. The van der Waals surface area contributed by atoms with Gasteiger partial charge in [0, 0.05) is 39.1 Å². The number of carbonyl (C=O) groups excluding carboxylic acids is 2. The largest absolute Gasteiger partial charge is 0.372 e. The van der Waals surface area contributed by atoms with Crippen LogP contribution in [0, 0.1) is 0 Å². The molecule has 3 heterocycles. The molecule has 158 valence electrons. The van der Waals surface area contributed by atoms with Crippen molar-refractivity contribution in [2.75, 3.05) is 20.2 Å². The van der Waals surface area contributed by atoms with Crippen LogP contribution in [0.3, 0.4) is 0 Å². The summed E-state index contributed by atoms with van der Waals surface area (Å²) < 4.78 is 9.46. The molecule has 0 radical (unpaired) electrons. The van der Waals surface area contributed by atoms with Crippen LogP contribution < -0.4 is 5.32 Å². The molecule has 0 saturated carbocycles. The molecule has 1 unspecified atom stereocenters. The average Bonchev–Trinajstić information content (AvgIpc) is 3.44. The summed E-state index contributed by atoms with van der Waals surface area (Å²) >= 11 is 3.43. The monoisotopic (exact) mass is 466 g/mol. The van der Waals surface area contributed by atoms with Gasteiger partial charge in [-0.2, -0.15) is 10.2 Å². The van der Waals surface area contributed by atoms with E-state index in [2.05, 4.69) is 31.4 Å². The minimum Gasteiger partial charge on any atom is -0.372 e. The van der Waals surface area contributed by atoms with Gasteiger partial charge in [0.1, 0.15) is 11.8 Å². The number of hydrogen-bond donors (Lipinski definition) is 1. The van der Waals surface area contributed by atoms with Gasteiger partial charge < -0.3 is 15.0 Å². The first-order valence-electron chi connectivity index (χ1n) is 9.82. The maximum Gasteiger partial charge on any atom is 0.273 e. The lowest BCUT2D eigenvalue weighted by Crippen LogP contribution is -2.46. The number of amides is 2. The molecular formula is C19H27BrN6O3. The quantitative estimate of drug-likeness (QED) is 0.640. The Labute approximate surface area is 178 Å². The summed E-state index contributed by atoms with van der Waals surface area (Å²) in [6.07, 6.45) is 6.17. The first-order chi connectivity index (χ1) is 14.0. The van der Waals surface area contributed by atoms with Crippen LogP contribution in [0.4, 0.5) is 0 Å². The van der Waals surface area contributed by atoms with E-state index >= 15 is 0 Å². The zero-order valence-electron chi connectivity index (χ0n) is 16.9. The van der Waals surface area contributed by atoms with Crippen LogP contribution in [0.15, 0.2) is 29.1 Å². The van der Waals surface area contributed by atoms with Gasteiger partial charge in [0.25, 0.3) is 5.91 Å². The molecule has 2 aromatic heterocycles. The van der Waals surface area contributed by atoms with Crippen molar-refractivity contribution >= 4 is 27.7 Å². The van der Waals surface area contributed by atoms with E-state index in [0.29, 0.717) is 36.2 Å². The second-order valence-corrected chi connectivity index (χ2v) is 7.90. The van der Waals surface area contributed by atoms with E-state index in [4.69, 9.17) is 4.74 Å². The lowest BCUT2D eigenvalue weighted by atomic mass is 10.1. The van der Waals surface area contributed by atoms with E-state index in [-0.39, 0.29) is 23.9 Å². The number of hydrogen-bond acceptors (Lipinski definition) is 5. The molecule has 29 heavy (non-hydrogen) atoms. The van der Waals surface area contributed by atoms with Crippen molar-refractivity contribution in [3.63, 3.8) is 0 Å². The van der Waals surface area contributed by atoms with Gasteiger partial charge in [-0.1, -0.05) is 13.3 Å². The molecule has 0 aliphatic carbocycles. The summed E-state index contributed by atoms with van der Waals surface area (Å²) in [5.74, 6) is -0.285. The summed E-state index contributed by atoms with van der Waals surface area (Å²) in [4.78, 5) is 27.7. The smallest absolute Gasteiger partial charge is 0.273 e. The molecule has 0 aromatic carbocycles. The molecule has 1 saturated heterocycles. The highest BCUT2D eigenvalue weighted by Crippen LogP contribution is 2.26. The average molecular weight is 467 g/mol. The molecule has 3 atom stereocenters. The van der Waals surface area contributed by atoms with Crippen molar-refractivity contribution in [1.29, 1.82) is 0 Å². The van der Waals surface area contributed by atoms with Crippen LogP contribution in [-0.4, -0.2) is 68.6 Å². The first-order valence-corrected chi connectivity index (χ1v) is 10.6. The number of aryl methyl sites for hydroxylation is 1.